The van der Waals surface area contributed by atoms with E-state index in [1.165, 1.54) is 41.7 Å². The Kier molecular flexibility index (Phi) is 8.14. The molecule has 0 fully saturated rings. The second kappa shape index (κ2) is 11.7. The highest BCUT2D eigenvalue weighted by molar-refractivity contribution is 7.99. The van der Waals surface area contributed by atoms with E-state index in [0.717, 1.165) is 18.8 Å². The predicted octanol–water partition coefficient (Wildman–Crippen LogP) is 6.62. The summed E-state index contributed by atoms with van der Waals surface area (Å²) in [4.78, 5) is 8.23. The van der Waals surface area contributed by atoms with Crippen LogP contribution in [0, 0.1) is 11.3 Å². The summed E-state index contributed by atoms with van der Waals surface area (Å²) < 4.78 is 0. The SMILES string of the molecule is N#Cc1ccc(CN(Cc2cccnc2)C2C=C(CSc3ccccc3)CCCC2)cc1. The highest BCUT2D eigenvalue weighted by atomic mass is 32.2. The van der Waals surface area contributed by atoms with Crippen LogP contribution in [-0.2, 0) is 13.1 Å². The molecule has 0 amide bonds. The quantitative estimate of drug-likeness (QED) is 0.292. The number of pyridine rings is 1. The molecule has 0 saturated heterocycles. The summed E-state index contributed by atoms with van der Waals surface area (Å²) in [6.45, 7) is 1.73. The van der Waals surface area contributed by atoms with Crippen molar-refractivity contribution in [3.8, 4) is 6.07 Å². The number of benzene rings is 2. The Bertz CT molecular complexity index is 1040. The van der Waals surface area contributed by atoms with Gasteiger partial charge in [0, 0.05) is 42.2 Å². The molecule has 4 heteroatoms. The monoisotopic (exact) mass is 439 g/mol. The van der Waals surface area contributed by atoms with Crippen LogP contribution in [0.5, 0.6) is 0 Å². The molecule has 3 nitrogen and oxygen atoms in total. The maximum atomic E-state index is 9.13. The summed E-state index contributed by atoms with van der Waals surface area (Å²) in [6.07, 6.45) is 11.2. The lowest BCUT2D eigenvalue weighted by Crippen LogP contribution is -2.33. The molecule has 0 aliphatic heterocycles. The smallest absolute Gasteiger partial charge is 0.0991 e. The Labute approximate surface area is 195 Å². The van der Waals surface area contributed by atoms with Crippen molar-refractivity contribution in [1.82, 2.24) is 9.88 Å². The molecule has 32 heavy (non-hydrogen) atoms. The fraction of sp³-hybridized carbons (Fsp3) is 0.286. The summed E-state index contributed by atoms with van der Waals surface area (Å²) in [6, 6.07) is 25.5. The van der Waals surface area contributed by atoms with Gasteiger partial charge in [0.2, 0.25) is 0 Å². The van der Waals surface area contributed by atoms with Crippen LogP contribution < -0.4 is 0 Å². The molecule has 1 aliphatic rings. The molecule has 1 heterocycles. The fourth-order valence-electron chi connectivity index (χ4n) is 4.18. The van der Waals surface area contributed by atoms with Crippen LogP contribution in [0.2, 0.25) is 0 Å². The number of hydrogen-bond acceptors (Lipinski definition) is 4. The first-order valence-electron chi connectivity index (χ1n) is 11.3. The molecule has 0 bridgehead atoms. The minimum Gasteiger partial charge on any atom is -0.288 e. The van der Waals surface area contributed by atoms with Gasteiger partial charge in [-0.3, -0.25) is 9.88 Å². The van der Waals surface area contributed by atoms with Crippen molar-refractivity contribution >= 4 is 11.8 Å². The zero-order chi connectivity index (χ0) is 22.0. The van der Waals surface area contributed by atoms with Gasteiger partial charge in [-0.2, -0.15) is 5.26 Å². The van der Waals surface area contributed by atoms with Crippen molar-refractivity contribution in [1.29, 1.82) is 5.26 Å². The van der Waals surface area contributed by atoms with Crippen molar-refractivity contribution in [2.24, 2.45) is 0 Å². The molecule has 0 saturated carbocycles. The topological polar surface area (TPSA) is 39.9 Å². The van der Waals surface area contributed by atoms with E-state index in [-0.39, 0.29) is 0 Å². The van der Waals surface area contributed by atoms with Gasteiger partial charge in [0.15, 0.2) is 0 Å². The van der Waals surface area contributed by atoms with E-state index in [9.17, 15) is 0 Å². The lowest BCUT2D eigenvalue weighted by molar-refractivity contribution is 0.200. The van der Waals surface area contributed by atoms with Crippen LogP contribution in [0.3, 0.4) is 0 Å². The largest absolute Gasteiger partial charge is 0.288 e. The first-order chi connectivity index (χ1) is 15.8. The van der Waals surface area contributed by atoms with Crippen LogP contribution >= 0.6 is 11.8 Å². The summed E-state index contributed by atoms with van der Waals surface area (Å²) in [5.74, 6) is 1.05. The van der Waals surface area contributed by atoms with Gasteiger partial charge in [-0.05, 0) is 60.7 Å². The van der Waals surface area contributed by atoms with Crippen LogP contribution in [-0.4, -0.2) is 21.7 Å². The normalized spacial score (nSPS) is 16.2. The van der Waals surface area contributed by atoms with E-state index < -0.39 is 0 Å². The molecule has 1 unspecified atom stereocenters. The Balaban J connectivity index is 1.53. The van der Waals surface area contributed by atoms with Crippen molar-refractivity contribution in [3.63, 3.8) is 0 Å². The fourth-order valence-corrected chi connectivity index (χ4v) is 5.12. The van der Waals surface area contributed by atoms with Crippen molar-refractivity contribution < 1.29 is 0 Å². The molecule has 1 aliphatic carbocycles. The molecular formula is C28H29N3S. The predicted molar refractivity (Wildman–Crippen MR) is 132 cm³/mol. The third kappa shape index (κ3) is 6.56. The Hall–Kier alpha value is -2.87. The van der Waals surface area contributed by atoms with E-state index >= 15 is 0 Å². The van der Waals surface area contributed by atoms with E-state index in [1.54, 1.807) is 5.57 Å². The van der Waals surface area contributed by atoms with Crippen molar-refractivity contribution in [2.75, 3.05) is 5.75 Å². The number of nitriles is 1. The molecule has 0 spiro atoms. The molecule has 2 aromatic carbocycles. The third-order valence-corrected chi connectivity index (χ3v) is 7.01. The number of nitrogens with zero attached hydrogens (tertiary/aromatic N) is 3. The van der Waals surface area contributed by atoms with Gasteiger partial charge >= 0.3 is 0 Å². The van der Waals surface area contributed by atoms with Crippen molar-refractivity contribution in [3.05, 3.63) is 107 Å². The minimum atomic E-state index is 0.403. The van der Waals surface area contributed by atoms with Gasteiger partial charge < -0.3 is 0 Å². The zero-order valence-corrected chi connectivity index (χ0v) is 19.2. The molecule has 4 rings (SSSR count). The number of rotatable bonds is 8. The molecule has 1 aromatic heterocycles. The van der Waals surface area contributed by atoms with Gasteiger partial charge in [0.05, 0.1) is 11.6 Å². The summed E-state index contributed by atoms with van der Waals surface area (Å²) >= 11 is 1.93. The molecule has 0 N–H and O–H groups in total. The summed E-state index contributed by atoms with van der Waals surface area (Å²) in [5.41, 5.74) is 4.74. The summed E-state index contributed by atoms with van der Waals surface area (Å²) in [7, 11) is 0. The first-order valence-corrected chi connectivity index (χ1v) is 12.3. The van der Waals surface area contributed by atoms with Crippen LogP contribution in [0.25, 0.3) is 0 Å². The summed E-state index contributed by atoms with van der Waals surface area (Å²) in [5, 5.41) is 9.13. The van der Waals surface area contributed by atoms with Gasteiger partial charge in [-0.15, -0.1) is 11.8 Å². The second-order valence-corrected chi connectivity index (χ2v) is 9.36. The van der Waals surface area contributed by atoms with E-state index in [4.69, 9.17) is 5.26 Å². The number of aromatic nitrogens is 1. The molecule has 3 aromatic rings. The molecule has 162 valence electrons. The third-order valence-electron chi connectivity index (χ3n) is 5.89. The maximum absolute atomic E-state index is 9.13. The van der Waals surface area contributed by atoms with Gasteiger partial charge in [0.1, 0.15) is 0 Å². The highest BCUT2D eigenvalue weighted by Crippen LogP contribution is 2.28. The van der Waals surface area contributed by atoms with E-state index in [1.807, 2.05) is 42.4 Å². The average Bonchev–Trinajstić information content (AvgIpc) is 3.10. The van der Waals surface area contributed by atoms with Gasteiger partial charge in [-0.25, -0.2) is 0 Å². The maximum Gasteiger partial charge on any atom is 0.0991 e. The lowest BCUT2D eigenvalue weighted by atomic mass is 10.1. The van der Waals surface area contributed by atoms with Crippen LogP contribution in [0.4, 0.5) is 0 Å². The van der Waals surface area contributed by atoms with E-state index in [2.05, 4.69) is 70.6 Å². The first kappa shape index (κ1) is 22.3. The molecular weight excluding hydrogens is 410 g/mol. The Morgan fingerprint density at radius 3 is 2.50 bits per heavy atom. The average molecular weight is 440 g/mol. The zero-order valence-electron chi connectivity index (χ0n) is 18.4. The van der Waals surface area contributed by atoms with Crippen LogP contribution in [0.15, 0.2) is 95.7 Å². The molecule has 1 atom stereocenters. The standard InChI is InChI=1S/C28H29N3S/c29-18-23-12-14-24(15-13-23)20-31(21-26-8-6-16-30-19-26)27-9-5-4-7-25(17-27)22-32-28-10-2-1-3-11-28/h1-3,6,8,10-17,19,27H,4-5,7,9,20-22H2. The number of hydrogen-bond donors (Lipinski definition) is 0. The Morgan fingerprint density at radius 1 is 0.938 bits per heavy atom. The van der Waals surface area contributed by atoms with Crippen LogP contribution in [0.1, 0.15) is 42.4 Å². The molecule has 0 radical (unpaired) electrons. The highest BCUT2D eigenvalue weighted by Gasteiger charge is 2.20. The van der Waals surface area contributed by atoms with Gasteiger partial charge in [-0.1, -0.05) is 54.5 Å². The Morgan fingerprint density at radius 2 is 1.75 bits per heavy atom. The minimum absolute atomic E-state index is 0.403. The lowest BCUT2D eigenvalue weighted by Gasteiger charge is -2.30. The second-order valence-electron chi connectivity index (χ2n) is 8.31. The number of thioether (sulfide) groups is 1. The van der Waals surface area contributed by atoms with E-state index in [0.29, 0.717) is 11.6 Å². The van der Waals surface area contributed by atoms with Crippen molar-refractivity contribution in [2.45, 2.75) is 49.7 Å². The van der Waals surface area contributed by atoms with Gasteiger partial charge in [0.25, 0.3) is 0 Å².